The van der Waals surface area contributed by atoms with Crippen molar-refractivity contribution in [2.24, 2.45) is 5.92 Å². The Hall–Kier alpha value is -0.340. The Morgan fingerprint density at radius 3 is 2.95 bits per heavy atom. The maximum absolute atomic E-state index is 12.9. The molecule has 22 heavy (non-hydrogen) atoms. The van der Waals surface area contributed by atoms with Gasteiger partial charge in [-0.2, -0.15) is 4.31 Å². The standard InChI is InChI=1S/C14H19BrN2O3S.ClH/c1-16-8-10-2-4-17(9-10)21(18,19)13-7-12(15)6-11-3-5-20-14(11)13;/h6-7,10,16H,2-5,8-9H2,1H3;1H. The minimum atomic E-state index is -3.49. The Bertz CT molecular complexity index is 654. The molecule has 1 saturated heterocycles. The maximum atomic E-state index is 12.9. The summed E-state index contributed by atoms with van der Waals surface area (Å²) in [6.45, 7) is 2.55. The van der Waals surface area contributed by atoms with Crippen LogP contribution in [0.15, 0.2) is 21.5 Å². The molecule has 2 aliphatic heterocycles. The van der Waals surface area contributed by atoms with E-state index in [9.17, 15) is 8.42 Å². The van der Waals surface area contributed by atoms with Crippen molar-refractivity contribution < 1.29 is 13.2 Å². The molecule has 8 heteroatoms. The molecule has 0 spiro atoms. The molecule has 2 heterocycles. The van der Waals surface area contributed by atoms with Crippen molar-refractivity contribution in [3.8, 4) is 5.75 Å². The molecular weight excluding hydrogens is 392 g/mol. The highest BCUT2D eigenvalue weighted by Crippen LogP contribution is 2.38. The van der Waals surface area contributed by atoms with Gasteiger partial charge in [-0.05, 0) is 38.1 Å². The molecule has 1 N–H and O–H groups in total. The first kappa shape index (κ1) is 18.0. The summed E-state index contributed by atoms with van der Waals surface area (Å²) in [5.74, 6) is 0.918. The first-order valence-corrected chi connectivity index (χ1v) is 9.35. The fraction of sp³-hybridized carbons (Fsp3) is 0.571. The monoisotopic (exact) mass is 410 g/mol. The number of benzene rings is 1. The Morgan fingerprint density at radius 2 is 2.23 bits per heavy atom. The summed E-state index contributed by atoms with van der Waals surface area (Å²) < 4.78 is 33.7. The van der Waals surface area contributed by atoms with Crippen LogP contribution in [0.1, 0.15) is 12.0 Å². The summed E-state index contributed by atoms with van der Waals surface area (Å²) in [6, 6.07) is 3.60. The van der Waals surface area contributed by atoms with Gasteiger partial charge in [0.15, 0.2) is 0 Å². The highest BCUT2D eigenvalue weighted by molar-refractivity contribution is 9.10. The fourth-order valence-electron chi connectivity index (χ4n) is 3.04. The van der Waals surface area contributed by atoms with Crippen LogP contribution in [0.3, 0.4) is 0 Å². The molecule has 0 radical (unpaired) electrons. The van der Waals surface area contributed by atoms with E-state index in [0.717, 1.165) is 29.4 Å². The number of fused-ring (bicyclic) bond motifs is 1. The molecule has 0 amide bonds. The van der Waals surface area contributed by atoms with E-state index in [1.807, 2.05) is 13.1 Å². The average Bonchev–Trinajstić information content (AvgIpc) is 3.06. The molecule has 0 saturated carbocycles. The fourth-order valence-corrected chi connectivity index (χ4v) is 5.42. The van der Waals surface area contributed by atoms with Gasteiger partial charge in [-0.25, -0.2) is 8.42 Å². The third kappa shape index (κ3) is 3.28. The summed E-state index contributed by atoms with van der Waals surface area (Å²) >= 11 is 3.41. The zero-order valence-electron chi connectivity index (χ0n) is 12.3. The third-order valence-corrected chi connectivity index (χ3v) is 6.40. The van der Waals surface area contributed by atoms with Gasteiger partial charge in [0.2, 0.25) is 10.0 Å². The van der Waals surface area contributed by atoms with Crippen LogP contribution in [-0.4, -0.2) is 46.0 Å². The molecule has 1 atom stereocenters. The Kier molecular flexibility index (Phi) is 5.77. The van der Waals surface area contributed by atoms with Crippen molar-refractivity contribution in [2.45, 2.75) is 17.7 Å². The van der Waals surface area contributed by atoms with Crippen molar-refractivity contribution in [1.82, 2.24) is 9.62 Å². The zero-order chi connectivity index (χ0) is 15.0. The molecule has 1 unspecified atom stereocenters. The third-order valence-electron chi connectivity index (χ3n) is 4.07. The van der Waals surface area contributed by atoms with E-state index in [-0.39, 0.29) is 12.4 Å². The summed E-state index contributed by atoms with van der Waals surface area (Å²) in [7, 11) is -1.59. The molecule has 0 bridgehead atoms. The number of halogens is 2. The SMILES string of the molecule is CNCC1CCN(S(=O)(=O)c2cc(Br)cc3c2OCC3)C1.Cl. The summed E-state index contributed by atoms with van der Waals surface area (Å²) in [6.07, 6.45) is 1.66. The second-order valence-electron chi connectivity index (χ2n) is 5.57. The lowest BCUT2D eigenvalue weighted by atomic mass is 10.1. The van der Waals surface area contributed by atoms with Crippen molar-refractivity contribution in [3.63, 3.8) is 0 Å². The van der Waals surface area contributed by atoms with Crippen LogP contribution in [-0.2, 0) is 16.4 Å². The number of hydrogen-bond acceptors (Lipinski definition) is 4. The topological polar surface area (TPSA) is 58.6 Å². The van der Waals surface area contributed by atoms with Gasteiger partial charge in [-0.15, -0.1) is 12.4 Å². The molecule has 0 aromatic heterocycles. The van der Waals surface area contributed by atoms with Gasteiger partial charge in [0, 0.05) is 29.5 Å². The first-order valence-electron chi connectivity index (χ1n) is 7.12. The molecule has 1 fully saturated rings. The Morgan fingerprint density at radius 1 is 1.45 bits per heavy atom. The molecular formula is C14H20BrClN2O3S. The van der Waals surface area contributed by atoms with Crippen LogP contribution in [0.5, 0.6) is 5.75 Å². The van der Waals surface area contributed by atoms with Crippen LogP contribution >= 0.6 is 28.3 Å². The quantitative estimate of drug-likeness (QED) is 0.824. The predicted octanol–water partition coefficient (Wildman–Crippen LogP) is 2.04. The zero-order valence-corrected chi connectivity index (χ0v) is 15.6. The maximum Gasteiger partial charge on any atom is 0.246 e. The van der Waals surface area contributed by atoms with Gasteiger partial charge >= 0.3 is 0 Å². The predicted molar refractivity (Wildman–Crippen MR) is 91.4 cm³/mol. The van der Waals surface area contributed by atoms with Crippen molar-refractivity contribution in [1.29, 1.82) is 0 Å². The Balaban J connectivity index is 0.00000176. The largest absolute Gasteiger partial charge is 0.492 e. The first-order chi connectivity index (χ1) is 10.0. The van der Waals surface area contributed by atoms with Gasteiger partial charge in [0.05, 0.1) is 6.61 Å². The van der Waals surface area contributed by atoms with E-state index in [1.165, 1.54) is 0 Å². The molecule has 124 valence electrons. The number of hydrogen-bond donors (Lipinski definition) is 1. The Labute approximate surface area is 146 Å². The van der Waals surface area contributed by atoms with E-state index in [4.69, 9.17) is 4.74 Å². The summed E-state index contributed by atoms with van der Waals surface area (Å²) in [5, 5.41) is 3.12. The number of sulfonamides is 1. The molecule has 1 aromatic rings. The lowest BCUT2D eigenvalue weighted by molar-refractivity contribution is 0.346. The van der Waals surface area contributed by atoms with Crippen LogP contribution < -0.4 is 10.1 Å². The number of ether oxygens (including phenoxy) is 1. The number of nitrogens with one attached hydrogen (secondary N) is 1. The van der Waals surface area contributed by atoms with E-state index >= 15 is 0 Å². The number of rotatable bonds is 4. The molecule has 2 aliphatic rings. The molecule has 5 nitrogen and oxygen atoms in total. The summed E-state index contributed by atoms with van der Waals surface area (Å²) in [4.78, 5) is 0.300. The van der Waals surface area contributed by atoms with E-state index < -0.39 is 10.0 Å². The molecule has 0 aliphatic carbocycles. The van der Waals surface area contributed by atoms with E-state index in [2.05, 4.69) is 21.2 Å². The van der Waals surface area contributed by atoms with Gasteiger partial charge < -0.3 is 10.1 Å². The van der Waals surface area contributed by atoms with Crippen LogP contribution in [0.25, 0.3) is 0 Å². The van der Waals surface area contributed by atoms with E-state index in [1.54, 1.807) is 10.4 Å². The smallest absolute Gasteiger partial charge is 0.246 e. The molecule has 3 rings (SSSR count). The normalized spacial score (nSPS) is 21.3. The van der Waals surface area contributed by atoms with Crippen LogP contribution in [0.2, 0.25) is 0 Å². The van der Waals surface area contributed by atoms with Crippen molar-refractivity contribution >= 4 is 38.4 Å². The number of nitrogens with zero attached hydrogens (tertiary/aromatic N) is 1. The van der Waals surface area contributed by atoms with Crippen LogP contribution in [0.4, 0.5) is 0 Å². The molecule has 1 aromatic carbocycles. The lowest BCUT2D eigenvalue weighted by Crippen LogP contribution is -2.30. The lowest BCUT2D eigenvalue weighted by Gasteiger charge is -2.18. The minimum absolute atomic E-state index is 0. The van der Waals surface area contributed by atoms with Gasteiger partial charge in [-0.1, -0.05) is 15.9 Å². The average molecular weight is 412 g/mol. The van der Waals surface area contributed by atoms with Crippen molar-refractivity contribution in [2.75, 3.05) is 33.3 Å². The van der Waals surface area contributed by atoms with Gasteiger partial charge in [0.1, 0.15) is 10.6 Å². The highest BCUT2D eigenvalue weighted by Gasteiger charge is 2.35. The second-order valence-corrected chi connectivity index (χ2v) is 8.39. The van der Waals surface area contributed by atoms with Gasteiger partial charge in [-0.3, -0.25) is 0 Å². The van der Waals surface area contributed by atoms with Crippen molar-refractivity contribution in [3.05, 3.63) is 22.2 Å². The van der Waals surface area contributed by atoms with E-state index in [0.29, 0.717) is 36.3 Å². The highest BCUT2D eigenvalue weighted by atomic mass is 79.9. The minimum Gasteiger partial charge on any atom is -0.492 e. The second kappa shape index (κ2) is 7.05. The summed E-state index contributed by atoms with van der Waals surface area (Å²) in [5.41, 5.74) is 0.967. The van der Waals surface area contributed by atoms with Gasteiger partial charge in [0.25, 0.3) is 0 Å². The van der Waals surface area contributed by atoms with Crippen LogP contribution in [0, 0.1) is 5.92 Å².